The van der Waals surface area contributed by atoms with Crippen molar-refractivity contribution in [1.29, 1.82) is 0 Å². The fourth-order valence-electron chi connectivity index (χ4n) is 2.51. The van der Waals surface area contributed by atoms with E-state index in [4.69, 9.17) is 4.74 Å². The Kier molecular flexibility index (Phi) is 8.74. The second kappa shape index (κ2) is 10.3. The summed E-state index contributed by atoms with van der Waals surface area (Å²) in [6.45, 7) is 7.80. The monoisotopic (exact) mass is 384 g/mol. The Hall–Kier alpha value is -1.93. The fourth-order valence-corrected chi connectivity index (χ4v) is 3.97. The van der Waals surface area contributed by atoms with Crippen molar-refractivity contribution in [3.63, 3.8) is 0 Å². The lowest BCUT2D eigenvalue weighted by molar-refractivity contribution is -0.124. The van der Waals surface area contributed by atoms with Crippen LogP contribution >= 0.6 is 0 Å². The van der Waals surface area contributed by atoms with Gasteiger partial charge in [-0.25, -0.2) is 13.2 Å². The first-order chi connectivity index (χ1) is 12.3. The molecule has 0 heterocycles. The number of nitrogens with zero attached hydrogens (tertiary/aromatic N) is 1. The van der Waals surface area contributed by atoms with E-state index >= 15 is 0 Å². The first kappa shape index (κ1) is 22.1. The lowest BCUT2D eigenvalue weighted by Crippen LogP contribution is -2.35. The molecule has 1 aromatic carbocycles. The number of ether oxygens (including phenoxy) is 1. The van der Waals surface area contributed by atoms with E-state index in [9.17, 15) is 18.0 Å². The van der Waals surface area contributed by atoms with Crippen LogP contribution in [0.2, 0.25) is 0 Å². The predicted octanol–water partition coefficient (Wildman–Crippen LogP) is 2.18. The van der Waals surface area contributed by atoms with Crippen molar-refractivity contribution < 1.29 is 22.7 Å². The Morgan fingerprint density at radius 2 is 1.69 bits per heavy atom. The normalized spacial score (nSPS) is 12.7. The molecule has 1 atom stereocenters. The van der Waals surface area contributed by atoms with E-state index in [1.54, 1.807) is 13.8 Å². The largest absolute Gasteiger partial charge is 0.452 e. The quantitative estimate of drug-likeness (QED) is 0.624. The van der Waals surface area contributed by atoms with Crippen molar-refractivity contribution in [2.75, 3.05) is 19.7 Å². The Morgan fingerprint density at radius 1 is 1.12 bits per heavy atom. The molecule has 0 bridgehead atoms. The number of sulfonamides is 1. The molecule has 0 unspecified atom stereocenters. The molecule has 0 aromatic heterocycles. The Balaban J connectivity index is 2.68. The van der Waals surface area contributed by atoms with Gasteiger partial charge in [0, 0.05) is 19.1 Å². The van der Waals surface area contributed by atoms with Crippen LogP contribution in [0.1, 0.15) is 50.9 Å². The summed E-state index contributed by atoms with van der Waals surface area (Å²) in [7, 11) is -3.57. The third-order valence-electron chi connectivity index (χ3n) is 3.90. The molecule has 26 heavy (non-hydrogen) atoms. The maximum absolute atomic E-state index is 12.4. The summed E-state index contributed by atoms with van der Waals surface area (Å²) in [4.78, 5) is 23.8. The van der Waals surface area contributed by atoms with Gasteiger partial charge in [0.25, 0.3) is 5.91 Å². The average molecular weight is 384 g/mol. The molecule has 0 aliphatic heterocycles. The zero-order valence-corrected chi connectivity index (χ0v) is 16.6. The van der Waals surface area contributed by atoms with Gasteiger partial charge in [0.2, 0.25) is 10.0 Å². The first-order valence-corrected chi connectivity index (χ1v) is 10.3. The number of nitrogens with one attached hydrogen (secondary N) is 1. The molecule has 1 N–H and O–H groups in total. The number of amides is 1. The molecule has 1 amide bonds. The lowest BCUT2D eigenvalue weighted by atomic mass is 10.2. The van der Waals surface area contributed by atoms with Crippen LogP contribution in [0.3, 0.4) is 0 Å². The van der Waals surface area contributed by atoms with E-state index in [0.29, 0.717) is 13.1 Å². The van der Waals surface area contributed by atoms with E-state index in [1.165, 1.54) is 28.6 Å². The number of carbonyl (C=O) groups excluding carboxylic acids is 2. The van der Waals surface area contributed by atoms with E-state index in [1.807, 2.05) is 13.8 Å². The SMILES string of the molecule is CCC[C@H](C)NC(=O)COC(=O)c1ccc(S(=O)(=O)N(CC)CC)cc1. The van der Waals surface area contributed by atoms with Gasteiger partial charge in [0.15, 0.2) is 6.61 Å². The fraction of sp³-hybridized carbons (Fsp3) is 0.556. The highest BCUT2D eigenvalue weighted by atomic mass is 32.2. The summed E-state index contributed by atoms with van der Waals surface area (Å²) in [6.07, 6.45) is 1.80. The summed E-state index contributed by atoms with van der Waals surface area (Å²) >= 11 is 0. The highest BCUT2D eigenvalue weighted by Crippen LogP contribution is 2.16. The van der Waals surface area contributed by atoms with Gasteiger partial charge in [-0.15, -0.1) is 0 Å². The second-order valence-corrected chi connectivity index (χ2v) is 7.89. The molecule has 0 fully saturated rings. The molecule has 146 valence electrons. The van der Waals surface area contributed by atoms with Crippen LogP contribution in [0.25, 0.3) is 0 Å². The molecule has 7 nitrogen and oxygen atoms in total. The van der Waals surface area contributed by atoms with Crippen LogP contribution < -0.4 is 5.32 Å². The summed E-state index contributed by atoms with van der Waals surface area (Å²) < 4.78 is 31.1. The van der Waals surface area contributed by atoms with E-state index in [-0.39, 0.29) is 29.0 Å². The number of rotatable bonds is 10. The minimum Gasteiger partial charge on any atom is -0.452 e. The van der Waals surface area contributed by atoms with Gasteiger partial charge in [-0.1, -0.05) is 27.2 Å². The summed E-state index contributed by atoms with van der Waals surface area (Å²) in [5.41, 5.74) is 0.193. The maximum atomic E-state index is 12.4. The van der Waals surface area contributed by atoms with Gasteiger partial charge in [-0.3, -0.25) is 4.79 Å². The van der Waals surface area contributed by atoms with Crippen molar-refractivity contribution in [2.45, 2.75) is 51.5 Å². The topological polar surface area (TPSA) is 92.8 Å². The van der Waals surface area contributed by atoms with Crippen molar-refractivity contribution in [3.8, 4) is 0 Å². The van der Waals surface area contributed by atoms with Gasteiger partial charge in [0.05, 0.1) is 10.5 Å². The highest BCUT2D eigenvalue weighted by molar-refractivity contribution is 7.89. The van der Waals surface area contributed by atoms with Crippen LogP contribution in [0.4, 0.5) is 0 Å². The van der Waals surface area contributed by atoms with Crippen molar-refractivity contribution in [2.24, 2.45) is 0 Å². The Labute approximate surface area is 155 Å². The zero-order valence-electron chi connectivity index (χ0n) is 15.8. The molecule has 8 heteroatoms. The molecule has 1 rings (SSSR count). The minimum absolute atomic E-state index is 0.0239. The molecule has 1 aromatic rings. The Morgan fingerprint density at radius 3 is 2.19 bits per heavy atom. The van der Waals surface area contributed by atoms with Crippen LogP contribution in [-0.4, -0.2) is 50.3 Å². The summed E-state index contributed by atoms with van der Waals surface area (Å²) in [6, 6.07) is 5.53. The Bertz CT molecular complexity index is 697. The lowest BCUT2D eigenvalue weighted by Gasteiger charge is -2.18. The minimum atomic E-state index is -3.57. The maximum Gasteiger partial charge on any atom is 0.338 e. The molecular weight excluding hydrogens is 356 g/mol. The van der Waals surface area contributed by atoms with E-state index in [0.717, 1.165) is 12.8 Å². The third kappa shape index (κ3) is 6.10. The molecule has 0 saturated heterocycles. The van der Waals surface area contributed by atoms with Crippen molar-refractivity contribution >= 4 is 21.9 Å². The third-order valence-corrected chi connectivity index (χ3v) is 5.96. The standard InChI is InChI=1S/C18H28N2O5S/c1-5-8-14(4)19-17(21)13-25-18(22)15-9-11-16(12-10-15)26(23,24)20(6-2)7-3/h9-12,14H,5-8,13H2,1-4H3,(H,19,21)/t14-/m0/s1. The number of hydrogen-bond acceptors (Lipinski definition) is 5. The van der Waals surface area contributed by atoms with Crippen LogP contribution in [0.5, 0.6) is 0 Å². The van der Waals surface area contributed by atoms with Crippen molar-refractivity contribution in [3.05, 3.63) is 29.8 Å². The van der Waals surface area contributed by atoms with Gasteiger partial charge in [-0.2, -0.15) is 4.31 Å². The van der Waals surface area contributed by atoms with Gasteiger partial charge in [-0.05, 0) is 37.6 Å². The molecule has 0 spiro atoms. The number of benzene rings is 1. The smallest absolute Gasteiger partial charge is 0.338 e. The molecule has 0 aliphatic carbocycles. The van der Waals surface area contributed by atoms with Gasteiger partial charge in [0.1, 0.15) is 0 Å². The molecule has 0 aliphatic rings. The van der Waals surface area contributed by atoms with Crippen LogP contribution in [0, 0.1) is 0 Å². The zero-order chi connectivity index (χ0) is 19.7. The number of hydrogen-bond donors (Lipinski definition) is 1. The van der Waals surface area contributed by atoms with E-state index < -0.39 is 16.0 Å². The number of carbonyl (C=O) groups is 2. The van der Waals surface area contributed by atoms with Crippen molar-refractivity contribution in [1.82, 2.24) is 9.62 Å². The number of esters is 1. The first-order valence-electron chi connectivity index (χ1n) is 8.82. The summed E-state index contributed by atoms with van der Waals surface area (Å²) in [5.74, 6) is -1.03. The van der Waals surface area contributed by atoms with Gasteiger partial charge < -0.3 is 10.1 Å². The molecule has 0 radical (unpaired) electrons. The molecular formula is C18H28N2O5S. The summed E-state index contributed by atoms with van der Waals surface area (Å²) in [5, 5.41) is 2.74. The highest BCUT2D eigenvalue weighted by Gasteiger charge is 2.22. The predicted molar refractivity (Wildman–Crippen MR) is 99.3 cm³/mol. The molecule has 0 saturated carbocycles. The average Bonchev–Trinajstić information content (AvgIpc) is 2.60. The van der Waals surface area contributed by atoms with E-state index in [2.05, 4.69) is 5.32 Å². The van der Waals surface area contributed by atoms with Crippen LogP contribution in [0.15, 0.2) is 29.2 Å². The van der Waals surface area contributed by atoms with Gasteiger partial charge >= 0.3 is 5.97 Å². The van der Waals surface area contributed by atoms with Crippen LogP contribution in [-0.2, 0) is 19.6 Å². The second-order valence-electron chi connectivity index (χ2n) is 5.95.